The van der Waals surface area contributed by atoms with Crippen molar-refractivity contribution in [1.29, 1.82) is 0 Å². The van der Waals surface area contributed by atoms with Crippen molar-refractivity contribution in [2.24, 2.45) is 11.0 Å². The molecule has 0 radical (unpaired) electrons. The van der Waals surface area contributed by atoms with E-state index in [9.17, 15) is 0 Å². The maximum Gasteiger partial charge on any atom is 0.0641 e. The van der Waals surface area contributed by atoms with Crippen molar-refractivity contribution in [3.8, 4) is 0 Å². The maximum atomic E-state index is 9.06. The van der Waals surface area contributed by atoms with Gasteiger partial charge in [-0.25, -0.2) is 0 Å². The van der Waals surface area contributed by atoms with Gasteiger partial charge in [-0.05, 0) is 29.9 Å². The summed E-state index contributed by atoms with van der Waals surface area (Å²) >= 11 is 0. The van der Waals surface area contributed by atoms with Crippen LogP contribution in [0.3, 0.4) is 0 Å². The van der Waals surface area contributed by atoms with Gasteiger partial charge in [-0.3, -0.25) is 0 Å². The van der Waals surface area contributed by atoms with Crippen molar-refractivity contribution in [2.45, 2.75) is 33.1 Å². The Balaban J connectivity index is 3.89. The van der Waals surface area contributed by atoms with Gasteiger partial charge in [0.25, 0.3) is 0 Å². The number of aliphatic hydroxyl groups excluding tert-OH is 1. The standard InChI is InChI=1S/C10H19N3O/c1-3-9(2)7-10(8-14)5-4-6-12-13-11/h7,9,14H,3-6,8H2,1-2H3/b10-7+. The zero-order valence-corrected chi connectivity index (χ0v) is 8.98. The SMILES string of the molecule is CCC(C)/C=C(/CO)CCCN=[N+]=[N-]. The minimum Gasteiger partial charge on any atom is -0.392 e. The van der Waals surface area contributed by atoms with E-state index in [4.69, 9.17) is 10.6 Å². The third-order valence-electron chi connectivity index (χ3n) is 2.19. The Labute approximate surface area is 85.3 Å². The summed E-state index contributed by atoms with van der Waals surface area (Å²) in [5.74, 6) is 0.511. The van der Waals surface area contributed by atoms with Gasteiger partial charge < -0.3 is 5.11 Å². The lowest BCUT2D eigenvalue weighted by Gasteiger charge is -2.06. The highest BCUT2D eigenvalue weighted by atomic mass is 16.3. The van der Waals surface area contributed by atoms with Crippen molar-refractivity contribution >= 4 is 0 Å². The second-order valence-corrected chi connectivity index (χ2v) is 3.43. The molecule has 1 N–H and O–H groups in total. The highest BCUT2D eigenvalue weighted by Gasteiger charge is 1.99. The molecule has 0 aromatic carbocycles. The topological polar surface area (TPSA) is 69.0 Å². The van der Waals surface area contributed by atoms with Gasteiger partial charge in [-0.2, -0.15) is 0 Å². The molecule has 0 bridgehead atoms. The quantitative estimate of drug-likeness (QED) is 0.220. The molecule has 0 saturated heterocycles. The highest BCUT2D eigenvalue weighted by Crippen LogP contribution is 2.11. The van der Waals surface area contributed by atoms with Gasteiger partial charge in [0.2, 0.25) is 0 Å². The maximum absolute atomic E-state index is 9.06. The first-order valence-corrected chi connectivity index (χ1v) is 5.05. The van der Waals surface area contributed by atoms with Crippen LogP contribution in [-0.2, 0) is 0 Å². The molecule has 80 valence electrons. The number of aliphatic hydroxyl groups is 1. The van der Waals surface area contributed by atoms with Crippen LogP contribution in [-0.4, -0.2) is 18.3 Å². The number of hydrogen-bond acceptors (Lipinski definition) is 2. The Morgan fingerprint density at radius 1 is 1.64 bits per heavy atom. The molecule has 4 nitrogen and oxygen atoms in total. The monoisotopic (exact) mass is 197 g/mol. The second-order valence-electron chi connectivity index (χ2n) is 3.43. The Morgan fingerprint density at radius 3 is 2.86 bits per heavy atom. The number of rotatable bonds is 7. The molecular formula is C10H19N3O. The smallest absolute Gasteiger partial charge is 0.0641 e. The van der Waals surface area contributed by atoms with Crippen LogP contribution in [0.5, 0.6) is 0 Å². The van der Waals surface area contributed by atoms with Crippen LogP contribution in [0.4, 0.5) is 0 Å². The predicted molar refractivity (Wildman–Crippen MR) is 57.9 cm³/mol. The fraction of sp³-hybridized carbons (Fsp3) is 0.800. The Morgan fingerprint density at radius 2 is 2.36 bits per heavy atom. The van der Waals surface area contributed by atoms with Crippen LogP contribution in [0.25, 0.3) is 10.4 Å². The Bertz CT molecular complexity index is 219. The van der Waals surface area contributed by atoms with Gasteiger partial charge in [0.05, 0.1) is 6.61 Å². The zero-order valence-electron chi connectivity index (χ0n) is 8.98. The molecule has 0 heterocycles. The molecule has 0 aliphatic carbocycles. The van der Waals surface area contributed by atoms with Crippen LogP contribution in [0, 0.1) is 5.92 Å². The molecule has 0 spiro atoms. The summed E-state index contributed by atoms with van der Waals surface area (Å²) in [6, 6.07) is 0. The average Bonchev–Trinajstić information content (AvgIpc) is 2.22. The largest absolute Gasteiger partial charge is 0.392 e. The van der Waals surface area contributed by atoms with Crippen LogP contribution >= 0.6 is 0 Å². The summed E-state index contributed by atoms with van der Waals surface area (Å²) in [7, 11) is 0. The fourth-order valence-electron chi connectivity index (χ4n) is 1.16. The van der Waals surface area contributed by atoms with Gasteiger partial charge in [-0.15, -0.1) is 0 Å². The molecule has 0 aliphatic rings. The van der Waals surface area contributed by atoms with Crippen molar-refractivity contribution in [3.05, 3.63) is 22.1 Å². The molecule has 0 aliphatic heterocycles. The van der Waals surface area contributed by atoms with E-state index in [1.54, 1.807) is 0 Å². The first kappa shape index (κ1) is 13.0. The molecular weight excluding hydrogens is 178 g/mol. The highest BCUT2D eigenvalue weighted by molar-refractivity contribution is 5.03. The Hall–Kier alpha value is -0.990. The molecule has 0 rings (SSSR count). The molecule has 14 heavy (non-hydrogen) atoms. The molecule has 0 aromatic rings. The van der Waals surface area contributed by atoms with E-state index in [0.717, 1.165) is 24.8 Å². The Kier molecular flexibility index (Phi) is 7.99. The van der Waals surface area contributed by atoms with E-state index in [-0.39, 0.29) is 6.61 Å². The van der Waals surface area contributed by atoms with Gasteiger partial charge in [0.15, 0.2) is 0 Å². The lowest BCUT2D eigenvalue weighted by atomic mass is 10.0. The third-order valence-corrected chi connectivity index (χ3v) is 2.19. The lowest BCUT2D eigenvalue weighted by Crippen LogP contribution is -1.96. The van der Waals surface area contributed by atoms with Gasteiger partial charge >= 0.3 is 0 Å². The second kappa shape index (κ2) is 8.60. The average molecular weight is 197 g/mol. The number of allylic oxidation sites excluding steroid dienone is 1. The number of azide groups is 1. The van der Waals surface area contributed by atoms with E-state index in [1.807, 2.05) is 0 Å². The van der Waals surface area contributed by atoms with Crippen molar-refractivity contribution < 1.29 is 5.11 Å². The summed E-state index contributed by atoms with van der Waals surface area (Å²) in [6.45, 7) is 4.87. The molecule has 4 heteroatoms. The van der Waals surface area contributed by atoms with Gasteiger partial charge in [-0.1, -0.05) is 31.5 Å². The van der Waals surface area contributed by atoms with Crippen molar-refractivity contribution in [2.75, 3.05) is 13.2 Å². The van der Waals surface area contributed by atoms with E-state index in [0.29, 0.717) is 12.5 Å². The van der Waals surface area contributed by atoms with Gasteiger partial charge in [0, 0.05) is 11.5 Å². The minimum atomic E-state index is 0.112. The summed E-state index contributed by atoms with van der Waals surface area (Å²) in [6.07, 6.45) is 4.82. The van der Waals surface area contributed by atoms with E-state index < -0.39 is 0 Å². The van der Waals surface area contributed by atoms with E-state index in [1.165, 1.54) is 0 Å². The summed E-state index contributed by atoms with van der Waals surface area (Å²) in [5.41, 5.74) is 9.12. The van der Waals surface area contributed by atoms with Crippen molar-refractivity contribution in [3.63, 3.8) is 0 Å². The lowest BCUT2D eigenvalue weighted by molar-refractivity contribution is 0.324. The molecule has 0 amide bonds. The zero-order chi connectivity index (χ0) is 10.8. The summed E-state index contributed by atoms with van der Waals surface area (Å²) < 4.78 is 0. The third kappa shape index (κ3) is 6.52. The van der Waals surface area contributed by atoms with Crippen LogP contribution in [0.15, 0.2) is 16.8 Å². The normalized spacial score (nSPS) is 13.5. The summed E-state index contributed by atoms with van der Waals surface area (Å²) in [5, 5.41) is 12.5. The molecule has 1 unspecified atom stereocenters. The van der Waals surface area contributed by atoms with Crippen LogP contribution < -0.4 is 0 Å². The summed E-state index contributed by atoms with van der Waals surface area (Å²) in [4.78, 5) is 2.68. The number of hydrogen-bond donors (Lipinski definition) is 1. The van der Waals surface area contributed by atoms with E-state index >= 15 is 0 Å². The molecule has 0 fully saturated rings. The predicted octanol–water partition coefficient (Wildman–Crippen LogP) is 3.04. The fourth-order valence-corrected chi connectivity index (χ4v) is 1.16. The first-order valence-electron chi connectivity index (χ1n) is 5.05. The first-order chi connectivity index (χ1) is 6.74. The van der Waals surface area contributed by atoms with Crippen LogP contribution in [0.1, 0.15) is 33.1 Å². The van der Waals surface area contributed by atoms with Crippen molar-refractivity contribution in [1.82, 2.24) is 0 Å². The van der Waals surface area contributed by atoms with Gasteiger partial charge in [0.1, 0.15) is 0 Å². The van der Waals surface area contributed by atoms with E-state index in [2.05, 4.69) is 29.9 Å². The number of nitrogens with zero attached hydrogens (tertiary/aromatic N) is 3. The molecule has 1 atom stereocenters. The minimum absolute atomic E-state index is 0.112. The molecule has 0 aromatic heterocycles. The molecule has 0 saturated carbocycles. The van der Waals surface area contributed by atoms with Crippen LogP contribution in [0.2, 0.25) is 0 Å².